The summed E-state index contributed by atoms with van der Waals surface area (Å²) in [6.45, 7) is 0.740. The number of hydrogen-bond donors (Lipinski definition) is 2. The minimum absolute atomic E-state index is 0. The molecule has 8 nitrogen and oxygen atoms in total. The third kappa shape index (κ3) is 4.37. The number of nitrogens with one attached hydrogen (secondary N) is 1. The molecule has 1 aliphatic rings. The summed E-state index contributed by atoms with van der Waals surface area (Å²) in [6, 6.07) is 8.63. The molecule has 0 saturated heterocycles. The van der Waals surface area contributed by atoms with Crippen LogP contribution in [0.25, 0.3) is 33.6 Å². The molecule has 1 saturated carbocycles. The number of nitrogens with two attached hydrogens (primary N) is 1. The van der Waals surface area contributed by atoms with Crippen molar-refractivity contribution in [3.05, 3.63) is 55.2 Å². The van der Waals surface area contributed by atoms with E-state index in [1.54, 1.807) is 9.36 Å². The topological polar surface area (TPSA) is 99.5 Å². The van der Waals surface area contributed by atoms with Gasteiger partial charge < -0.3 is 11.1 Å². The maximum absolute atomic E-state index is 5.81. The lowest BCUT2D eigenvalue weighted by Crippen LogP contribution is -2.39. The van der Waals surface area contributed by atoms with Gasteiger partial charge in [-0.05, 0) is 36.9 Å². The highest BCUT2D eigenvalue weighted by Crippen LogP contribution is 2.34. The number of anilines is 1. The van der Waals surface area contributed by atoms with Crippen LogP contribution in [-0.2, 0) is 14.1 Å². The molecule has 1 aromatic carbocycles. The van der Waals surface area contributed by atoms with E-state index >= 15 is 0 Å². The minimum Gasteiger partial charge on any atom is -0.367 e. The fourth-order valence-electron chi connectivity index (χ4n) is 4.05. The van der Waals surface area contributed by atoms with Gasteiger partial charge in [-0.25, -0.2) is 9.97 Å². The molecule has 3 N–H and O–H groups in total. The molecule has 0 aliphatic heterocycles. The van der Waals surface area contributed by atoms with Crippen molar-refractivity contribution < 1.29 is 0 Å². The van der Waals surface area contributed by atoms with Gasteiger partial charge in [-0.3, -0.25) is 9.36 Å². The van der Waals surface area contributed by atoms with Crippen LogP contribution >= 0.6 is 12.4 Å². The van der Waals surface area contributed by atoms with Crippen molar-refractivity contribution in [1.82, 2.24) is 29.5 Å². The first-order valence-corrected chi connectivity index (χ1v) is 10.5. The normalized spacial score (nSPS) is 17.5. The SMILES string of the molecule is Cl.Cn1cc(-c2cccc(-c3ncc(-c4cnn(C)c4)c(NC4CC(CN)C4)n3)c2)cn1. The molecule has 32 heavy (non-hydrogen) atoms. The van der Waals surface area contributed by atoms with E-state index in [1.807, 2.05) is 57.2 Å². The summed E-state index contributed by atoms with van der Waals surface area (Å²) in [5.41, 5.74) is 10.9. The van der Waals surface area contributed by atoms with Crippen LogP contribution in [0.5, 0.6) is 0 Å². The molecule has 5 rings (SSSR count). The zero-order chi connectivity index (χ0) is 21.4. The van der Waals surface area contributed by atoms with E-state index in [9.17, 15) is 0 Å². The monoisotopic (exact) mass is 450 g/mol. The lowest BCUT2D eigenvalue weighted by Gasteiger charge is -2.35. The van der Waals surface area contributed by atoms with E-state index in [-0.39, 0.29) is 12.4 Å². The van der Waals surface area contributed by atoms with E-state index in [0.29, 0.717) is 17.8 Å². The summed E-state index contributed by atoms with van der Waals surface area (Å²) in [6.07, 6.45) is 11.7. The Labute approximate surface area is 193 Å². The average molecular weight is 451 g/mol. The Kier molecular flexibility index (Phi) is 6.25. The molecule has 0 spiro atoms. The Morgan fingerprint density at radius 3 is 2.31 bits per heavy atom. The van der Waals surface area contributed by atoms with E-state index < -0.39 is 0 Å². The number of benzene rings is 1. The van der Waals surface area contributed by atoms with Gasteiger partial charge in [0.25, 0.3) is 0 Å². The minimum atomic E-state index is 0. The molecular formula is C23H27ClN8. The van der Waals surface area contributed by atoms with E-state index in [4.69, 9.17) is 10.7 Å². The fourth-order valence-corrected chi connectivity index (χ4v) is 4.05. The Hall–Kier alpha value is -3.23. The maximum Gasteiger partial charge on any atom is 0.161 e. The Bertz CT molecular complexity index is 1210. The van der Waals surface area contributed by atoms with Gasteiger partial charge in [0, 0.05) is 61.0 Å². The summed E-state index contributed by atoms with van der Waals surface area (Å²) in [4.78, 5) is 9.62. The highest BCUT2D eigenvalue weighted by Gasteiger charge is 2.29. The molecule has 1 fully saturated rings. The molecule has 9 heteroatoms. The maximum atomic E-state index is 5.81. The third-order valence-electron chi connectivity index (χ3n) is 5.87. The highest BCUT2D eigenvalue weighted by atomic mass is 35.5. The first kappa shape index (κ1) is 22.0. The molecule has 0 unspecified atom stereocenters. The lowest BCUT2D eigenvalue weighted by atomic mass is 9.80. The smallest absolute Gasteiger partial charge is 0.161 e. The molecule has 0 bridgehead atoms. The van der Waals surface area contributed by atoms with Gasteiger partial charge in [0.2, 0.25) is 0 Å². The van der Waals surface area contributed by atoms with Gasteiger partial charge in [0.1, 0.15) is 5.82 Å². The van der Waals surface area contributed by atoms with Crippen molar-refractivity contribution in [2.45, 2.75) is 18.9 Å². The van der Waals surface area contributed by atoms with Crippen molar-refractivity contribution in [3.8, 4) is 33.6 Å². The lowest BCUT2D eigenvalue weighted by molar-refractivity contribution is 0.291. The zero-order valence-electron chi connectivity index (χ0n) is 18.1. The van der Waals surface area contributed by atoms with Gasteiger partial charge in [0.15, 0.2) is 5.82 Å². The van der Waals surface area contributed by atoms with Gasteiger partial charge in [-0.2, -0.15) is 10.2 Å². The second kappa shape index (κ2) is 9.10. The summed E-state index contributed by atoms with van der Waals surface area (Å²) in [7, 11) is 3.83. The molecule has 0 atom stereocenters. The van der Waals surface area contributed by atoms with E-state index in [2.05, 4.69) is 32.6 Å². The van der Waals surface area contributed by atoms with Crippen LogP contribution in [-0.4, -0.2) is 42.1 Å². The van der Waals surface area contributed by atoms with E-state index in [0.717, 1.165) is 53.0 Å². The predicted molar refractivity (Wildman–Crippen MR) is 128 cm³/mol. The van der Waals surface area contributed by atoms with Gasteiger partial charge in [-0.1, -0.05) is 18.2 Å². The van der Waals surface area contributed by atoms with E-state index in [1.165, 1.54) is 0 Å². The van der Waals surface area contributed by atoms with Crippen molar-refractivity contribution >= 4 is 18.2 Å². The molecule has 0 radical (unpaired) electrons. The van der Waals surface area contributed by atoms with Gasteiger partial charge in [-0.15, -0.1) is 12.4 Å². The zero-order valence-corrected chi connectivity index (χ0v) is 19.0. The predicted octanol–water partition coefficient (Wildman–Crippen LogP) is 3.52. The number of aromatic nitrogens is 6. The molecular weight excluding hydrogens is 424 g/mol. The fraction of sp³-hybridized carbons (Fsp3) is 0.304. The Morgan fingerprint density at radius 2 is 1.66 bits per heavy atom. The molecule has 0 amide bonds. The van der Waals surface area contributed by atoms with Crippen molar-refractivity contribution in [1.29, 1.82) is 0 Å². The summed E-state index contributed by atoms with van der Waals surface area (Å²) < 4.78 is 3.59. The highest BCUT2D eigenvalue weighted by molar-refractivity contribution is 5.85. The second-order valence-electron chi connectivity index (χ2n) is 8.26. The quantitative estimate of drug-likeness (QED) is 0.466. The van der Waals surface area contributed by atoms with Crippen LogP contribution < -0.4 is 11.1 Å². The van der Waals surface area contributed by atoms with Crippen LogP contribution in [0.1, 0.15) is 12.8 Å². The first-order valence-electron chi connectivity index (χ1n) is 10.5. The van der Waals surface area contributed by atoms with Crippen molar-refractivity contribution in [2.75, 3.05) is 11.9 Å². The molecule has 3 heterocycles. The van der Waals surface area contributed by atoms with Crippen molar-refractivity contribution in [2.24, 2.45) is 25.7 Å². The van der Waals surface area contributed by atoms with Crippen LogP contribution in [0.2, 0.25) is 0 Å². The summed E-state index contributed by atoms with van der Waals surface area (Å²) in [5, 5.41) is 12.2. The number of halogens is 1. The van der Waals surface area contributed by atoms with Crippen molar-refractivity contribution in [3.63, 3.8) is 0 Å². The molecule has 166 valence electrons. The summed E-state index contributed by atoms with van der Waals surface area (Å²) in [5.74, 6) is 2.12. The van der Waals surface area contributed by atoms with Crippen LogP contribution in [0, 0.1) is 5.92 Å². The average Bonchev–Trinajstić information content (AvgIpc) is 3.38. The summed E-state index contributed by atoms with van der Waals surface area (Å²) >= 11 is 0. The molecule has 3 aromatic heterocycles. The number of hydrogen-bond acceptors (Lipinski definition) is 6. The van der Waals surface area contributed by atoms with Crippen LogP contribution in [0.4, 0.5) is 5.82 Å². The molecule has 1 aliphatic carbocycles. The van der Waals surface area contributed by atoms with Crippen LogP contribution in [0.15, 0.2) is 55.2 Å². The standard InChI is InChI=1S/C23H26N8.ClH/c1-30-13-18(10-26-30)16-4-3-5-17(8-16)22-25-12-21(19-11-27-31(2)14-19)23(29-22)28-20-6-15(7-20)9-24;/h3-5,8,10-15,20H,6-7,9,24H2,1-2H3,(H,25,28,29);1H. The number of aryl methyl sites for hydroxylation is 2. The van der Waals surface area contributed by atoms with Gasteiger partial charge in [0.05, 0.1) is 12.4 Å². The molecule has 4 aromatic rings. The van der Waals surface area contributed by atoms with Gasteiger partial charge >= 0.3 is 0 Å². The number of rotatable bonds is 6. The second-order valence-corrected chi connectivity index (χ2v) is 8.26. The number of nitrogens with zero attached hydrogens (tertiary/aromatic N) is 6. The first-order chi connectivity index (χ1) is 15.1. The Balaban J connectivity index is 0.00000245. The Morgan fingerprint density at radius 1 is 0.969 bits per heavy atom. The third-order valence-corrected chi connectivity index (χ3v) is 5.87. The largest absolute Gasteiger partial charge is 0.367 e. The van der Waals surface area contributed by atoms with Crippen LogP contribution in [0.3, 0.4) is 0 Å².